The Morgan fingerprint density at radius 3 is 2.55 bits per heavy atom. The predicted octanol–water partition coefficient (Wildman–Crippen LogP) is 2.91. The molecule has 0 fully saturated rings. The van der Waals surface area contributed by atoms with Crippen molar-refractivity contribution < 1.29 is 14.3 Å². The highest BCUT2D eigenvalue weighted by Gasteiger charge is 2.04. The van der Waals surface area contributed by atoms with Gasteiger partial charge in [-0.2, -0.15) is 0 Å². The Balaban J connectivity index is 2.28. The van der Waals surface area contributed by atoms with E-state index in [2.05, 4.69) is 26.1 Å². The van der Waals surface area contributed by atoms with Crippen molar-refractivity contribution in [1.82, 2.24) is 5.32 Å². The highest BCUT2D eigenvalue weighted by Crippen LogP contribution is 2.12. The lowest BCUT2D eigenvalue weighted by molar-refractivity contribution is -0.146. The molecule has 0 aliphatic heterocycles. The van der Waals surface area contributed by atoms with Crippen molar-refractivity contribution in [3.63, 3.8) is 0 Å². The summed E-state index contributed by atoms with van der Waals surface area (Å²) in [6, 6.07) is 8.19. The second kappa shape index (κ2) is 9.37. The Labute approximate surface area is 121 Å². The van der Waals surface area contributed by atoms with Crippen LogP contribution in [0.2, 0.25) is 0 Å². The third-order valence-electron chi connectivity index (χ3n) is 2.76. The first-order valence-electron chi connectivity index (χ1n) is 7.22. The molecule has 0 aromatic heterocycles. The molecule has 1 N–H and O–H groups in total. The first-order chi connectivity index (χ1) is 9.61. The van der Waals surface area contributed by atoms with Crippen LogP contribution in [-0.2, 0) is 16.1 Å². The van der Waals surface area contributed by atoms with Gasteiger partial charge in [-0.3, -0.25) is 0 Å². The van der Waals surface area contributed by atoms with Gasteiger partial charge < -0.3 is 14.8 Å². The minimum atomic E-state index is -0.316. The molecule has 1 rings (SSSR count). The molecule has 0 bridgehead atoms. The van der Waals surface area contributed by atoms with Gasteiger partial charge in [0.05, 0.1) is 6.61 Å². The molecule has 0 aliphatic rings. The van der Waals surface area contributed by atoms with Crippen LogP contribution in [0.3, 0.4) is 0 Å². The summed E-state index contributed by atoms with van der Waals surface area (Å²) in [5, 5.41) is 3.35. The second-order valence-corrected chi connectivity index (χ2v) is 5.04. The Morgan fingerprint density at radius 2 is 1.95 bits per heavy atom. The third kappa shape index (κ3) is 7.14. The Bertz CT molecular complexity index is 387. The summed E-state index contributed by atoms with van der Waals surface area (Å²) < 4.78 is 10.4. The SMILES string of the molecule is CCCCOC(=O)COc1ccc(CNC(C)C)cc1. The molecule has 0 atom stereocenters. The zero-order valence-electron chi connectivity index (χ0n) is 12.6. The maximum atomic E-state index is 11.4. The van der Waals surface area contributed by atoms with Crippen molar-refractivity contribution in [2.24, 2.45) is 0 Å². The van der Waals surface area contributed by atoms with Crippen molar-refractivity contribution in [2.75, 3.05) is 13.2 Å². The van der Waals surface area contributed by atoms with Gasteiger partial charge in [0.1, 0.15) is 5.75 Å². The molecule has 0 heterocycles. The summed E-state index contributed by atoms with van der Waals surface area (Å²) in [5.41, 5.74) is 1.19. The van der Waals surface area contributed by atoms with Crippen molar-refractivity contribution >= 4 is 5.97 Å². The van der Waals surface area contributed by atoms with Gasteiger partial charge >= 0.3 is 5.97 Å². The molecule has 1 aromatic carbocycles. The maximum absolute atomic E-state index is 11.4. The Morgan fingerprint density at radius 1 is 1.25 bits per heavy atom. The van der Waals surface area contributed by atoms with Gasteiger partial charge in [0, 0.05) is 12.6 Å². The first-order valence-corrected chi connectivity index (χ1v) is 7.22. The number of hydrogen-bond donors (Lipinski definition) is 1. The highest BCUT2D eigenvalue weighted by molar-refractivity contribution is 5.71. The number of ether oxygens (including phenoxy) is 2. The quantitative estimate of drug-likeness (QED) is 0.558. The third-order valence-corrected chi connectivity index (χ3v) is 2.76. The van der Waals surface area contributed by atoms with E-state index in [1.165, 1.54) is 5.56 Å². The number of esters is 1. The van der Waals surface area contributed by atoms with Gasteiger partial charge in [-0.05, 0) is 24.1 Å². The fraction of sp³-hybridized carbons (Fsp3) is 0.562. The average molecular weight is 279 g/mol. The number of carbonyl (C=O) groups excluding carboxylic acids is 1. The molecule has 0 unspecified atom stereocenters. The van der Waals surface area contributed by atoms with E-state index in [0.717, 1.165) is 19.4 Å². The van der Waals surface area contributed by atoms with E-state index >= 15 is 0 Å². The molecule has 20 heavy (non-hydrogen) atoms. The van der Waals surface area contributed by atoms with Crippen LogP contribution in [0.5, 0.6) is 5.75 Å². The van der Waals surface area contributed by atoms with Crippen molar-refractivity contribution in [3.8, 4) is 5.75 Å². The van der Waals surface area contributed by atoms with Crippen molar-refractivity contribution in [1.29, 1.82) is 0 Å². The van der Waals surface area contributed by atoms with Gasteiger partial charge in [0.2, 0.25) is 0 Å². The number of carbonyl (C=O) groups is 1. The van der Waals surface area contributed by atoms with Crippen LogP contribution < -0.4 is 10.1 Å². The standard InChI is InChI=1S/C16H25NO3/c1-4-5-10-19-16(18)12-20-15-8-6-14(7-9-15)11-17-13(2)3/h6-9,13,17H,4-5,10-12H2,1-3H3. The van der Waals surface area contributed by atoms with Crippen LogP contribution in [0.15, 0.2) is 24.3 Å². The zero-order valence-corrected chi connectivity index (χ0v) is 12.6. The number of rotatable bonds is 9. The van der Waals surface area contributed by atoms with Crippen LogP contribution in [-0.4, -0.2) is 25.2 Å². The molecule has 0 radical (unpaired) electrons. The fourth-order valence-electron chi connectivity index (χ4n) is 1.54. The van der Waals surface area contributed by atoms with E-state index in [-0.39, 0.29) is 12.6 Å². The first kappa shape index (κ1) is 16.5. The molecule has 112 valence electrons. The van der Waals surface area contributed by atoms with Gasteiger partial charge in [-0.15, -0.1) is 0 Å². The predicted molar refractivity (Wildman–Crippen MR) is 79.8 cm³/mol. The van der Waals surface area contributed by atoms with Crippen LogP contribution in [0.25, 0.3) is 0 Å². The molecular weight excluding hydrogens is 254 g/mol. The molecule has 0 aliphatic carbocycles. The minimum absolute atomic E-state index is 0.0344. The number of nitrogens with one attached hydrogen (secondary N) is 1. The summed E-state index contributed by atoms with van der Waals surface area (Å²) in [5.74, 6) is 0.370. The van der Waals surface area contributed by atoms with E-state index in [4.69, 9.17) is 9.47 Å². The summed E-state index contributed by atoms with van der Waals surface area (Å²) in [6.45, 7) is 7.55. The van der Waals surface area contributed by atoms with Gasteiger partial charge in [-0.25, -0.2) is 4.79 Å². The van der Waals surface area contributed by atoms with Crippen molar-refractivity contribution in [2.45, 2.75) is 46.2 Å². The summed E-state index contributed by atoms with van der Waals surface area (Å²) >= 11 is 0. The van der Waals surface area contributed by atoms with Crippen LogP contribution in [0.4, 0.5) is 0 Å². The van der Waals surface area contributed by atoms with Gasteiger partial charge in [-0.1, -0.05) is 39.3 Å². The average Bonchev–Trinajstić information content (AvgIpc) is 2.44. The molecule has 1 aromatic rings. The zero-order chi connectivity index (χ0) is 14.8. The lowest BCUT2D eigenvalue weighted by Crippen LogP contribution is -2.21. The Kier molecular flexibility index (Phi) is 7.73. The number of hydrogen-bond acceptors (Lipinski definition) is 4. The van der Waals surface area contributed by atoms with E-state index in [1.54, 1.807) is 0 Å². The lowest BCUT2D eigenvalue weighted by Gasteiger charge is -2.09. The minimum Gasteiger partial charge on any atom is -0.482 e. The number of unbranched alkanes of at least 4 members (excludes halogenated alkanes) is 1. The molecule has 4 heteroatoms. The molecule has 0 saturated carbocycles. The molecule has 0 amide bonds. The van der Waals surface area contributed by atoms with E-state index < -0.39 is 0 Å². The van der Waals surface area contributed by atoms with Gasteiger partial charge in [0.15, 0.2) is 6.61 Å². The summed E-state index contributed by atoms with van der Waals surface area (Å²) in [4.78, 5) is 11.4. The van der Waals surface area contributed by atoms with Crippen LogP contribution in [0, 0.1) is 0 Å². The topological polar surface area (TPSA) is 47.6 Å². The smallest absolute Gasteiger partial charge is 0.344 e. The lowest BCUT2D eigenvalue weighted by atomic mass is 10.2. The molecule has 0 spiro atoms. The van der Waals surface area contributed by atoms with E-state index in [9.17, 15) is 4.79 Å². The van der Waals surface area contributed by atoms with Crippen molar-refractivity contribution in [3.05, 3.63) is 29.8 Å². The summed E-state index contributed by atoms with van der Waals surface area (Å²) in [7, 11) is 0. The largest absolute Gasteiger partial charge is 0.482 e. The van der Waals surface area contributed by atoms with Gasteiger partial charge in [0.25, 0.3) is 0 Å². The van der Waals surface area contributed by atoms with E-state index in [0.29, 0.717) is 18.4 Å². The normalized spacial score (nSPS) is 10.6. The molecule has 4 nitrogen and oxygen atoms in total. The maximum Gasteiger partial charge on any atom is 0.344 e. The molecular formula is C16H25NO3. The van der Waals surface area contributed by atoms with E-state index in [1.807, 2.05) is 24.3 Å². The summed E-state index contributed by atoms with van der Waals surface area (Å²) in [6.07, 6.45) is 1.91. The Hall–Kier alpha value is -1.55. The van der Waals surface area contributed by atoms with Crippen LogP contribution in [0.1, 0.15) is 39.2 Å². The fourth-order valence-corrected chi connectivity index (χ4v) is 1.54. The second-order valence-electron chi connectivity index (χ2n) is 5.04. The number of benzene rings is 1. The molecule has 0 saturated heterocycles. The van der Waals surface area contributed by atoms with Crippen LogP contribution >= 0.6 is 0 Å². The highest BCUT2D eigenvalue weighted by atomic mass is 16.6. The monoisotopic (exact) mass is 279 g/mol.